The molecule has 6 heterocycles. The number of halogens is 3. The van der Waals surface area contributed by atoms with Crippen LogP contribution < -0.4 is 0 Å². The molecule has 20 aromatic rings. The Morgan fingerprint density at radius 2 is 0.453 bits per heavy atom. The number of alkyl halides is 3. The molecule has 0 N–H and O–H groups in total. The number of aromatic nitrogens is 14. The molecule has 20 rings (SSSR count). The third-order valence-corrected chi connectivity index (χ3v) is 20.9. The Bertz CT molecular complexity index is 6300. The molecule has 0 fully saturated rings. The molecule has 0 amide bonds. The van der Waals surface area contributed by atoms with E-state index in [0.717, 1.165) is 50.6 Å². The average Bonchev–Trinajstić information content (AvgIpc) is 1.57. The minimum atomic E-state index is -4.96. The number of nitrogens with zero attached hydrogens (tertiary/aromatic N) is 15. The van der Waals surface area contributed by atoms with Crippen molar-refractivity contribution in [2.24, 2.45) is 0 Å². The summed E-state index contributed by atoms with van der Waals surface area (Å²) in [5.74, 6) is 4.67. The topological polar surface area (TPSA) is 188 Å². The van der Waals surface area contributed by atoms with Gasteiger partial charge in [0.15, 0.2) is 69.9 Å². The Hall–Kier alpha value is -16.0. The molecule has 18 heteroatoms. The first-order valence-electron chi connectivity index (χ1n) is 37.9. The Morgan fingerprint density at radius 3 is 0.658 bits per heavy atom. The summed E-state index contributed by atoms with van der Waals surface area (Å²) in [7, 11) is 0. The van der Waals surface area contributed by atoms with E-state index in [1.165, 1.54) is 6.07 Å². The zero-order chi connectivity index (χ0) is 78.7. The van der Waals surface area contributed by atoms with Crippen LogP contribution in [0.3, 0.4) is 0 Å². The van der Waals surface area contributed by atoms with E-state index in [-0.39, 0.29) is 28.1 Å². The van der Waals surface area contributed by atoms with Crippen LogP contribution in [0.25, 0.3) is 203 Å². The van der Waals surface area contributed by atoms with Crippen LogP contribution in [0.4, 0.5) is 13.2 Å². The zero-order valence-electron chi connectivity index (χ0n) is 62.3. The molecule has 552 valence electrons. The summed E-state index contributed by atoms with van der Waals surface area (Å²) in [6.07, 6.45) is -4.96. The zero-order valence-corrected chi connectivity index (χ0v) is 62.3. The Labute approximate surface area is 667 Å². The quantitative estimate of drug-likeness (QED) is 0.0944. The van der Waals surface area contributed by atoms with Gasteiger partial charge in [0.05, 0.1) is 50.6 Å². The number of hydrogen-bond acceptors (Lipinski definition) is 13. The van der Waals surface area contributed by atoms with E-state index in [0.29, 0.717) is 141 Å². The molecule has 0 radical (unpaired) electrons. The fourth-order valence-electron chi connectivity index (χ4n) is 15.4. The predicted molar refractivity (Wildman–Crippen MR) is 454 cm³/mol. The fourth-order valence-corrected chi connectivity index (χ4v) is 15.4. The van der Waals surface area contributed by atoms with Crippen LogP contribution in [-0.2, 0) is 6.18 Å². The summed E-state index contributed by atoms with van der Waals surface area (Å²) in [5, 5.41) is 14.9. The van der Waals surface area contributed by atoms with E-state index < -0.39 is 11.7 Å². The largest absolute Gasteiger partial charge is 0.417 e. The van der Waals surface area contributed by atoms with Gasteiger partial charge in [0.2, 0.25) is 0 Å². The first kappa shape index (κ1) is 70.1. The van der Waals surface area contributed by atoms with E-state index in [9.17, 15) is 5.26 Å². The second-order valence-corrected chi connectivity index (χ2v) is 28.2. The molecule has 0 spiro atoms. The van der Waals surface area contributed by atoms with Crippen molar-refractivity contribution in [1.82, 2.24) is 68.9 Å². The highest BCUT2D eigenvalue weighted by atomic mass is 19.4. The van der Waals surface area contributed by atoms with Crippen LogP contribution in [0.15, 0.2) is 346 Å². The molecule has 0 aliphatic carbocycles. The van der Waals surface area contributed by atoms with Crippen LogP contribution in [0.1, 0.15) is 16.7 Å². The highest BCUT2D eigenvalue weighted by molar-refractivity contribution is 6.14. The third-order valence-electron chi connectivity index (χ3n) is 20.9. The SMILES string of the molecule is Cc1cccc(C(F)(F)F)c1-c1c(-n2c3cc(-c4nc(-c5ccccc5)nc(-c5ccccc5)n4)ccc3c3ccc(-c4nc(-c5ccccc5)nc(-c5ccccc5)n4)cc32)cc(C#N)cc1-n1c2cc(-c3nc(-c4ccccc4)nc(-c4ccccc4)n3)ccc2c2ccc(-c3nc(-c4ccccc4)nc(-c4ccccc4)n3)cc21. The minimum absolute atomic E-state index is 0.111. The molecule has 6 aromatic heterocycles. The van der Waals surface area contributed by atoms with Crippen LogP contribution >= 0.6 is 0 Å². The Morgan fingerprint density at radius 1 is 0.239 bits per heavy atom. The molecule has 0 unspecified atom stereocenters. The Kier molecular flexibility index (Phi) is 17.5. The van der Waals surface area contributed by atoms with Gasteiger partial charge in [-0.15, -0.1) is 0 Å². The van der Waals surface area contributed by atoms with Crippen molar-refractivity contribution in [3.63, 3.8) is 0 Å². The van der Waals surface area contributed by atoms with Crippen LogP contribution in [0.2, 0.25) is 0 Å². The molecule has 0 aliphatic rings. The molecule has 0 atom stereocenters. The normalized spacial score (nSPS) is 11.6. The van der Waals surface area contributed by atoms with Crippen molar-refractivity contribution in [3.8, 4) is 165 Å². The standard InChI is InChI=1S/C99H60F3N15/c1-60-27-26-44-78(99(100,101)102)85(60)86-83(116-79-55-70(95-108-87(62-28-10-2-11-29-62)104-88(109-95)63-30-12-3-13-31-63)45-49-74(79)75-50-46-71(56-80(75)116)96-110-89(64-32-14-4-15-33-64)105-90(111-96)65-34-16-5-17-35-65)53-61(59-103)54-84(86)117-81-57-72(97-112-91(66-36-18-6-19-37-66)106-92(113-97)67-38-20-7-21-39-67)47-51-76(81)77-52-48-73(58-82(77)117)98-114-93(68-40-22-8-23-41-68)107-94(115-98)69-42-24-9-25-43-69/h2-58H,1H3. The van der Waals surface area contributed by atoms with Gasteiger partial charge in [-0.25, -0.2) is 59.8 Å². The minimum Gasteiger partial charge on any atom is -0.308 e. The van der Waals surface area contributed by atoms with Crippen molar-refractivity contribution in [2.45, 2.75) is 13.1 Å². The van der Waals surface area contributed by atoms with Crippen molar-refractivity contribution in [1.29, 1.82) is 5.26 Å². The summed E-state index contributed by atoms with van der Waals surface area (Å²) in [4.78, 5) is 62.0. The lowest BCUT2D eigenvalue weighted by Gasteiger charge is -2.24. The molecule has 0 bridgehead atoms. The molecular formula is C99H60F3N15. The highest BCUT2D eigenvalue weighted by Gasteiger charge is 2.37. The molecule has 0 aliphatic heterocycles. The van der Waals surface area contributed by atoms with Crippen molar-refractivity contribution in [2.75, 3.05) is 0 Å². The van der Waals surface area contributed by atoms with Gasteiger partial charge in [-0.2, -0.15) is 18.4 Å². The first-order valence-corrected chi connectivity index (χ1v) is 37.9. The van der Waals surface area contributed by atoms with Gasteiger partial charge < -0.3 is 9.13 Å². The first-order chi connectivity index (χ1) is 57.5. The van der Waals surface area contributed by atoms with Gasteiger partial charge in [0.1, 0.15) is 0 Å². The summed E-state index contributed by atoms with van der Waals surface area (Å²) < 4.78 is 55.2. The van der Waals surface area contributed by atoms with Gasteiger partial charge in [-0.3, -0.25) is 0 Å². The molecule has 0 saturated carbocycles. The number of hydrogen-bond donors (Lipinski definition) is 0. The fraction of sp³-hybridized carbons (Fsp3) is 0.0202. The van der Waals surface area contributed by atoms with Crippen molar-refractivity contribution in [3.05, 3.63) is 362 Å². The second-order valence-electron chi connectivity index (χ2n) is 28.2. The van der Waals surface area contributed by atoms with Gasteiger partial charge in [0, 0.05) is 99.4 Å². The summed E-state index contributed by atoms with van der Waals surface area (Å²) >= 11 is 0. The van der Waals surface area contributed by atoms with Crippen LogP contribution in [0, 0.1) is 18.3 Å². The average molecular weight is 1520 g/mol. The molecular weight excluding hydrogens is 1460 g/mol. The highest BCUT2D eigenvalue weighted by Crippen LogP contribution is 2.50. The van der Waals surface area contributed by atoms with Crippen molar-refractivity contribution >= 4 is 43.6 Å². The lowest BCUT2D eigenvalue weighted by Crippen LogP contribution is -2.12. The number of fused-ring (bicyclic) bond motifs is 6. The molecule has 15 nitrogen and oxygen atoms in total. The lowest BCUT2D eigenvalue weighted by atomic mass is 9.90. The third kappa shape index (κ3) is 13.2. The predicted octanol–water partition coefficient (Wildman–Crippen LogP) is 23.5. The summed E-state index contributed by atoms with van der Waals surface area (Å²) in [6.45, 7) is 1.69. The van der Waals surface area contributed by atoms with Gasteiger partial charge in [-0.05, 0) is 55.0 Å². The maximum Gasteiger partial charge on any atom is 0.417 e. The van der Waals surface area contributed by atoms with Crippen LogP contribution in [-0.4, -0.2) is 68.9 Å². The second kappa shape index (κ2) is 29.3. The Balaban J connectivity index is 0.923. The van der Waals surface area contributed by atoms with E-state index >= 15 is 13.2 Å². The van der Waals surface area contributed by atoms with E-state index in [4.69, 9.17) is 59.8 Å². The lowest BCUT2D eigenvalue weighted by molar-refractivity contribution is -0.137. The number of nitriles is 1. The molecule has 14 aromatic carbocycles. The van der Waals surface area contributed by atoms with Crippen molar-refractivity contribution < 1.29 is 13.2 Å². The van der Waals surface area contributed by atoms with Gasteiger partial charge in [0.25, 0.3) is 0 Å². The molecule has 117 heavy (non-hydrogen) atoms. The smallest absolute Gasteiger partial charge is 0.308 e. The number of aryl methyl sites for hydroxylation is 1. The van der Waals surface area contributed by atoms with E-state index in [2.05, 4.69) is 6.07 Å². The van der Waals surface area contributed by atoms with E-state index in [1.807, 2.05) is 325 Å². The van der Waals surface area contributed by atoms with E-state index in [1.54, 1.807) is 25.1 Å². The van der Waals surface area contributed by atoms with Gasteiger partial charge >= 0.3 is 6.18 Å². The summed E-state index contributed by atoms with van der Waals surface area (Å²) in [6, 6.07) is 111. The number of benzene rings is 14. The summed E-state index contributed by atoms with van der Waals surface area (Å²) in [5.41, 5.74) is 10.3. The monoisotopic (exact) mass is 1520 g/mol. The maximum absolute atomic E-state index is 17.1. The number of rotatable bonds is 15. The molecule has 0 saturated heterocycles. The van der Waals surface area contributed by atoms with Crippen LogP contribution in [0.5, 0.6) is 0 Å². The van der Waals surface area contributed by atoms with Gasteiger partial charge in [-0.1, -0.05) is 303 Å². The maximum atomic E-state index is 17.1.